The number of nitrogens with zero attached hydrogens (tertiary/aromatic N) is 5. The van der Waals surface area contributed by atoms with E-state index in [-0.39, 0.29) is 27.7 Å². The standard InChI is InChI=1S/C25H32N6O5S/c1-16(2)10-12-30-21-22(27-24(30)29-11-6-8-18(26)14-29)28(3)25(34)31(23(21)33)15-20(32)17-7-5-9-19(13-17)37(4,35)36/h5,7,9-10,13,18H,6,8,11-12,14-15,26H2,1-4H3. The molecule has 198 valence electrons. The van der Waals surface area contributed by atoms with E-state index in [2.05, 4.69) is 4.98 Å². The fraction of sp³-hybridized carbons (Fsp3) is 0.440. The molecule has 0 saturated carbocycles. The lowest BCUT2D eigenvalue weighted by Crippen LogP contribution is -2.44. The number of anilines is 1. The van der Waals surface area contributed by atoms with Crippen molar-refractivity contribution in [1.29, 1.82) is 0 Å². The zero-order valence-electron chi connectivity index (χ0n) is 21.5. The summed E-state index contributed by atoms with van der Waals surface area (Å²) in [5, 5.41) is 0. The normalized spacial score (nSPS) is 16.2. The summed E-state index contributed by atoms with van der Waals surface area (Å²) < 4.78 is 27.8. The number of hydrogen-bond acceptors (Lipinski definition) is 8. The maximum atomic E-state index is 13.7. The van der Waals surface area contributed by atoms with Gasteiger partial charge in [0.15, 0.2) is 26.8 Å². The monoisotopic (exact) mass is 528 g/mol. The molecule has 37 heavy (non-hydrogen) atoms. The molecule has 0 radical (unpaired) electrons. The fourth-order valence-electron chi connectivity index (χ4n) is 4.51. The smallest absolute Gasteiger partial charge is 0.332 e. The number of aromatic nitrogens is 4. The van der Waals surface area contributed by atoms with Crippen LogP contribution in [-0.4, -0.2) is 58.3 Å². The molecule has 3 aromatic rings. The van der Waals surface area contributed by atoms with Crippen LogP contribution >= 0.6 is 0 Å². The molecule has 1 aliphatic rings. The van der Waals surface area contributed by atoms with E-state index in [1.807, 2.05) is 24.8 Å². The van der Waals surface area contributed by atoms with Gasteiger partial charge in [-0.1, -0.05) is 23.8 Å². The van der Waals surface area contributed by atoms with E-state index < -0.39 is 33.4 Å². The van der Waals surface area contributed by atoms with Crippen LogP contribution in [0.5, 0.6) is 0 Å². The molecule has 2 aromatic heterocycles. The molecule has 1 fully saturated rings. The van der Waals surface area contributed by atoms with Crippen molar-refractivity contribution in [2.24, 2.45) is 12.8 Å². The molecule has 0 spiro atoms. The fourth-order valence-corrected chi connectivity index (χ4v) is 5.18. The third-order valence-electron chi connectivity index (χ3n) is 6.52. The van der Waals surface area contributed by atoms with Crippen molar-refractivity contribution >= 4 is 32.7 Å². The maximum absolute atomic E-state index is 13.7. The number of nitrogens with two attached hydrogens (primary N) is 1. The molecule has 1 saturated heterocycles. The highest BCUT2D eigenvalue weighted by Crippen LogP contribution is 2.23. The van der Waals surface area contributed by atoms with Crippen LogP contribution < -0.4 is 21.9 Å². The lowest BCUT2D eigenvalue weighted by Gasteiger charge is -2.31. The van der Waals surface area contributed by atoms with Gasteiger partial charge >= 0.3 is 5.69 Å². The summed E-state index contributed by atoms with van der Waals surface area (Å²) >= 11 is 0. The number of fused-ring (bicyclic) bond motifs is 1. The van der Waals surface area contributed by atoms with Crippen molar-refractivity contribution in [3.05, 3.63) is 62.3 Å². The van der Waals surface area contributed by atoms with Gasteiger partial charge in [-0.05, 0) is 38.8 Å². The van der Waals surface area contributed by atoms with E-state index in [4.69, 9.17) is 5.73 Å². The van der Waals surface area contributed by atoms with Crippen LogP contribution in [0.2, 0.25) is 0 Å². The summed E-state index contributed by atoms with van der Waals surface area (Å²) in [6, 6.07) is 5.53. The van der Waals surface area contributed by atoms with Crippen LogP contribution in [0.3, 0.4) is 0 Å². The minimum atomic E-state index is -3.53. The van der Waals surface area contributed by atoms with E-state index in [9.17, 15) is 22.8 Å². The van der Waals surface area contributed by atoms with Crippen molar-refractivity contribution < 1.29 is 13.2 Å². The summed E-state index contributed by atoms with van der Waals surface area (Å²) in [7, 11) is -2.02. The van der Waals surface area contributed by atoms with E-state index in [0.29, 0.717) is 19.0 Å². The van der Waals surface area contributed by atoms with E-state index in [0.717, 1.165) is 35.8 Å². The third kappa shape index (κ3) is 5.30. The van der Waals surface area contributed by atoms with Crippen molar-refractivity contribution in [1.82, 2.24) is 18.7 Å². The highest BCUT2D eigenvalue weighted by molar-refractivity contribution is 7.90. The summed E-state index contributed by atoms with van der Waals surface area (Å²) in [5.74, 6) is 0.00122. The lowest BCUT2D eigenvalue weighted by atomic mass is 10.1. The molecule has 2 N–H and O–H groups in total. The molecule has 1 aromatic carbocycles. The molecule has 4 rings (SSSR count). The van der Waals surface area contributed by atoms with Gasteiger partial charge in [0.05, 0.1) is 11.4 Å². The minimum Gasteiger partial charge on any atom is -0.341 e. The number of piperidine rings is 1. The summed E-state index contributed by atoms with van der Waals surface area (Å²) in [5.41, 5.74) is 6.48. The Bertz CT molecular complexity index is 1630. The van der Waals surface area contributed by atoms with Crippen LogP contribution in [0.25, 0.3) is 11.2 Å². The Morgan fingerprint density at radius 1 is 1.22 bits per heavy atom. The van der Waals surface area contributed by atoms with Crippen LogP contribution in [0, 0.1) is 0 Å². The first-order valence-electron chi connectivity index (χ1n) is 12.1. The van der Waals surface area contributed by atoms with Gasteiger partial charge < -0.3 is 15.2 Å². The number of imidazole rings is 1. The van der Waals surface area contributed by atoms with Gasteiger partial charge in [-0.25, -0.2) is 13.2 Å². The predicted molar refractivity (Wildman–Crippen MR) is 142 cm³/mol. The molecular formula is C25H32N6O5S. The quantitative estimate of drug-likeness (QED) is 0.355. The van der Waals surface area contributed by atoms with Crippen LogP contribution in [-0.2, 0) is 30.0 Å². The summed E-state index contributed by atoms with van der Waals surface area (Å²) in [4.78, 5) is 46.7. The van der Waals surface area contributed by atoms with Gasteiger partial charge in [-0.3, -0.25) is 18.7 Å². The topological polar surface area (TPSA) is 142 Å². The second-order valence-electron chi connectivity index (χ2n) is 9.78. The van der Waals surface area contributed by atoms with Gasteiger partial charge in [0.1, 0.15) is 0 Å². The molecular weight excluding hydrogens is 496 g/mol. The van der Waals surface area contributed by atoms with E-state index >= 15 is 0 Å². The first-order chi connectivity index (χ1) is 17.4. The Morgan fingerprint density at radius 2 is 1.95 bits per heavy atom. The summed E-state index contributed by atoms with van der Waals surface area (Å²) in [6.45, 7) is 5.03. The predicted octanol–water partition coefficient (Wildman–Crippen LogP) is 1.08. The average Bonchev–Trinajstić information content (AvgIpc) is 3.23. The number of hydrogen-bond donors (Lipinski definition) is 1. The number of carbonyl (C=O) groups is 1. The Kier molecular flexibility index (Phi) is 7.24. The Morgan fingerprint density at radius 3 is 2.59 bits per heavy atom. The first kappa shape index (κ1) is 26.6. The van der Waals surface area contributed by atoms with Crippen molar-refractivity contribution in [2.45, 2.75) is 50.7 Å². The van der Waals surface area contributed by atoms with E-state index in [1.165, 1.54) is 35.9 Å². The number of benzene rings is 1. The zero-order valence-corrected chi connectivity index (χ0v) is 22.3. The van der Waals surface area contributed by atoms with Gasteiger partial charge in [0, 0.05) is 44.5 Å². The lowest BCUT2D eigenvalue weighted by molar-refractivity contribution is 0.0968. The average molecular weight is 529 g/mol. The number of ketones is 1. The van der Waals surface area contributed by atoms with Gasteiger partial charge in [-0.15, -0.1) is 0 Å². The van der Waals surface area contributed by atoms with Crippen molar-refractivity contribution in [3.8, 4) is 0 Å². The third-order valence-corrected chi connectivity index (χ3v) is 7.63. The number of Topliss-reactive ketones (excluding diaryl/α,β-unsaturated/α-hetero) is 1. The summed E-state index contributed by atoms with van der Waals surface area (Å²) in [6.07, 6.45) is 4.80. The highest BCUT2D eigenvalue weighted by Gasteiger charge is 2.26. The van der Waals surface area contributed by atoms with Gasteiger partial charge in [-0.2, -0.15) is 4.98 Å². The highest BCUT2D eigenvalue weighted by atomic mass is 32.2. The Labute approximate surface area is 214 Å². The zero-order chi connectivity index (χ0) is 27.1. The van der Waals surface area contributed by atoms with E-state index in [1.54, 1.807) is 4.57 Å². The van der Waals surface area contributed by atoms with Crippen LogP contribution in [0.1, 0.15) is 37.0 Å². The maximum Gasteiger partial charge on any atom is 0.332 e. The number of allylic oxidation sites excluding steroid dienone is 2. The van der Waals surface area contributed by atoms with Gasteiger partial charge in [0.2, 0.25) is 5.95 Å². The number of aryl methyl sites for hydroxylation is 1. The Balaban J connectivity index is 1.86. The number of rotatable bonds is 7. The largest absolute Gasteiger partial charge is 0.341 e. The molecule has 0 bridgehead atoms. The van der Waals surface area contributed by atoms with Crippen LogP contribution in [0.4, 0.5) is 5.95 Å². The number of carbonyl (C=O) groups excluding carboxylic acids is 1. The van der Waals surface area contributed by atoms with Crippen molar-refractivity contribution in [3.63, 3.8) is 0 Å². The number of sulfone groups is 1. The Hall–Kier alpha value is -3.51. The molecule has 1 aliphatic heterocycles. The molecule has 0 amide bonds. The molecule has 0 aliphatic carbocycles. The second kappa shape index (κ2) is 10.1. The molecule has 12 heteroatoms. The SMILES string of the molecule is CC(C)=CCn1c(N2CCCC(N)C2)nc2c1c(=O)n(CC(=O)c1cccc(S(C)(=O)=O)c1)c(=O)n2C. The minimum absolute atomic E-state index is 0.0155. The first-order valence-corrected chi connectivity index (χ1v) is 13.9. The molecule has 3 heterocycles. The second-order valence-corrected chi connectivity index (χ2v) is 11.8. The van der Waals surface area contributed by atoms with Crippen LogP contribution in [0.15, 0.2) is 50.4 Å². The molecule has 1 unspecified atom stereocenters. The van der Waals surface area contributed by atoms with Gasteiger partial charge in [0.25, 0.3) is 5.56 Å². The molecule has 1 atom stereocenters. The van der Waals surface area contributed by atoms with Crippen molar-refractivity contribution in [2.75, 3.05) is 24.2 Å². The molecule has 11 nitrogen and oxygen atoms in total.